The number of benzene rings is 2. The van der Waals surface area contributed by atoms with Crippen molar-refractivity contribution < 1.29 is 18.7 Å². The van der Waals surface area contributed by atoms with Crippen LogP contribution in [0.4, 0.5) is 15.2 Å². The first-order valence-corrected chi connectivity index (χ1v) is 9.06. The maximum absolute atomic E-state index is 13.7. The summed E-state index contributed by atoms with van der Waals surface area (Å²) in [5.74, 6) is -0.623. The normalized spacial score (nSPS) is 10.6. The Balaban J connectivity index is 1.62. The molecule has 0 radical (unpaired) electrons. The van der Waals surface area contributed by atoms with E-state index < -0.39 is 5.82 Å². The van der Waals surface area contributed by atoms with Gasteiger partial charge >= 0.3 is 0 Å². The topological polar surface area (TPSA) is 80.3 Å². The van der Waals surface area contributed by atoms with Crippen molar-refractivity contribution in [3.63, 3.8) is 0 Å². The number of ether oxygens (including phenoxy) is 1. The minimum absolute atomic E-state index is 0.151. The van der Waals surface area contributed by atoms with Crippen LogP contribution in [0.3, 0.4) is 0 Å². The summed E-state index contributed by atoms with van der Waals surface area (Å²) in [5, 5.41) is 5.96. The number of hydrogen-bond donors (Lipinski definition) is 2. The molecule has 2 N–H and O–H groups in total. The van der Waals surface area contributed by atoms with Crippen molar-refractivity contribution >= 4 is 44.2 Å². The van der Waals surface area contributed by atoms with Crippen LogP contribution in [0.1, 0.15) is 18.9 Å². The first-order chi connectivity index (χ1) is 12.9. The molecule has 2 aromatic carbocycles. The lowest BCUT2D eigenvalue weighted by atomic mass is 10.1. The first kappa shape index (κ1) is 18.8. The van der Waals surface area contributed by atoms with Gasteiger partial charge in [-0.2, -0.15) is 0 Å². The number of nitrogens with zero attached hydrogens (tertiary/aromatic N) is 1. The molecule has 0 atom stereocenters. The summed E-state index contributed by atoms with van der Waals surface area (Å²) in [6.07, 6.45) is 0.614. The summed E-state index contributed by atoms with van der Waals surface area (Å²) in [6, 6.07) is 10.00. The Labute approximate surface area is 159 Å². The van der Waals surface area contributed by atoms with Gasteiger partial charge in [-0.3, -0.25) is 9.59 Å². The molecule has 0 bridgehead atoms. The van der Waals surface area contributed by atoms with Crippen LogP contribution in [-0.2, 0) is 16.0 Å². The molecule has 0 saturated carbocycles. The number of hydrogen-bond acceptors (Lipinski definition) is 5. The van der Waals surface area contributed by atoms with Crippen LogP contribution in [-0.4, -0.2) is 23.9 Å². The molecule has 8 heteroatoms. The van der Waals surface area contributed by atoms with Crippen molar-refractivity contribution in [2.24, 2.45) is 0 Å². The van der Waals surface area contributed by atoms with E-state index in [9.17, 15) is 14.0 Å². The van der Waals surface area contributed by atoms with Crippen LogP contribution < -0.4 is 15.4 Å². The third-order valence-corrected chi connectivity index (χ3v) is 4.75. The number of amides is 2. The molecular formula is C19H18FN3O3S. The number of aryl methyl sites for hydroxylation is 1. The minimum atomic E-state index is -0.448. The highest BCUT2D eigenvalue weighted by Crippen LogP contribution is 2.28. The van der Waals surface area contributed by atoms with Gasteiger partial charge in [-0.1, -0.05) is 17.4 Å². The van der Waals surface area contributed by atoms with Gasteiger partial charge in [-0.05, 0) is 42.3 Å². The number of carbonyl (C=O) groups is 2. The van der Waals surface area contributed by atoms with Gasteiger partial charge in [0.15, 0.2) is 16.7 Å². The molecule has 3 rings (SSSR count). The molecule has 0 aliphatic carbocycles. The number of fused-ring (bicyclic) bond motifs is 1. The first-order valence-electron chi connectivity index (χ1n) is 8.25. The molecule has 0 fully saturated rings. The SMILES string of the molecule is COc1ccc(CCC(=O)Nc2nc3ccc(NC(C)=O)cc3s2)cc1F. The van der Waals surface area contributed by atoms with Crippen LogP contribution in [0.15, 0.2) is 36.4 Å². The molecule has 0 aliphatic rings. The van der Waals surface area contributed by atoms with Gasteiger partial charge in [0.25, 0.3) is 0 Å². The van der Waals surface area contributed by atoms with E-state index in [2.05, 4.69) is 15.6 Å². The zero-order valence-corrected chi connectivity index (χ0v) is 15.7. The van der Waals surface area contributed by atoms with Crippen molar-refractivity contribution in [1.82, 2.24) is 4.98 Å². The summed E-state index contributed by atoms with van der Waals surface area (Å²) < 4.78 is 19.4. The van der Waals surface area contributed by atoms with E-state index in [1.165, 1.54) is 31.4 Å². The van der Waals surface area contributed by atoms with Crippen LogP contribution in [0, 0.1) is 5.82 Å². The molecule has 0 saturated heterocycles. The lowest BCUT2D eigenvalue weighted by Crippen LogP contribution is -2.12. The molecular weight excluding hydrogens is 369 g/mol. The fraction of sp³-hybridized carbons (Fsp3) is 0.211. The van der Waals surface area contributed by atoms with Crippen LogP contribution >= 0.6 is 11.3 Å². The van der Waals surface area contributed by atoms with Gasteiger partial charge < -0.3 is 15.4 Å². The Morgan fingerprint density at radius 3 is 2.70 bits per heavy atom. The number of anilines is 2. The van der Waals surface area contributed by atoms with E-state index in [4.69, 9.17) is 4.74 Å². The van der Waals surface area contributed by atoms with Crippen LogP contribution in [0.25, 0.3) is 10.2 Å². The highest BCUT2D eigenvalue weighted by Gasteiger charge is 2.10. The molecule has 1 aromatic heterocycles. The van der Waals surface area contributed by atoms with E-state index >= 15 is 0 Å². The maximum Gasteiger partial charge on any atom is 0.226 e. The van der Waals surface area contributed by atoms with Crippen molar-refractivity contribution in [3.05, 3.63) is 47.8 Å². The Bertz CT molecular complexity index is 1000. The van der Waals surface area contributed by atoms with Crippen LogP contribution in [0.2, 0.25) is 0 Å². The molecule has 140 valence electrons. The van der Waals surface area contributed by atoms with Crippen molar-refractivity contribution in [2.45, 2.75) is 19.8 Å². The molecule has 2 amide bonds. The molecule has 3 aromatic rings. The van der Waals surface area contributed by atoms with E-state index in [1.54, 1.807) is 24.3 Å². The van der Waals surface area contributed by atoms with E-state index in [1.807, 2.05) is 6.07 Å². The number of nitrogens with one attached hydrogen (secondary N) is 2. The monoisotopic (exact) mass is 387 g/mol. The molecule has 27 heavy (non-hydrogen) atoms. The van der Waals surface area contributed by atoms with Gasteiger partial charge in [0, 0.05) is 19.0 Å². The molecule has 6 nitrogen and oxygen atoms in total. The zero-order valence-electron chi connectivity index (χ0n) is 14.8. The largest absolute Gasteiger partial charge is 0.494 e. The van der Waals surface area contributed by atoms with Crippen molar-refractivity contribution in [2.75, 3.05) is 17.7 Å². The highest BCUT2D eigenvalue weighted by atomic mass is 32.1. The predicted octanol–water partition coefficient (Wildman–Crippen LogP) is 3.97. The minimum Gasteiger partial charge on any atom is -0.494 e. The molecule has 0 spiro atoms. The van der Waals surface area contributed by atoms with Crippen LogP contribution in [0.5, 0.6) is 5.75 Å². The quantitative estimate of drug-likeness (QED) is 0.671. The Morgan fingerprint density at radius 1 is 1.19 bits per heavy atom. The summed E-state index contributed by atoms with van der Waals surface area (Å²) in [5.41, 5.74) is 2.13. The van der Waals surface area contributed by atoms with Gasteiger partial charge in [0.05, 0.1) is 17.3 Å². The van der Waals surface area contributed by atoms with E-state index in [0.29, 0.717) is 22.8 Å². The fourth-order valence-corrected chi connectivity index (χ4v) is 3.49. The molecule has 1 heterocycles. The Hall–Kier alpha value is -3.00. The fourth-order valence-electron chi connectivity index (χ4n) is 2.56. The highest BCUT2D eigenvalue weighted by molar-refractivity contribution is 7.22. The summed E-state index contributed by atoms with van der Waals surface area (Å²) in [7, 11) is 1.41. The average Bonchev–Trinajstić information content (AvgIpc) is 3.01. The standard InChI is InChI=1S/C19H18FN3O3S/c1-11(24)21-13-5-6-15-17(10-13)27-19(22-15)23-18(25)8-4-12-3-7-16(26-2)14(20)9-12/h3,5-7,9-10H,4,8H2,1-2H3,(H,21,24)(H,22,23,25). The number of carbonyl (C=O) groups excluding carboxylic acids is 2. The number of thiazole rings is 1. The maximum atomic E-state index is 13.7. The summed E-state index contributed by atoms with van der Waals surface area (Å²) in [6.45, 7) is 1.44. The second-order valence-corrected chi connectivity index (χ2v) is 6.93. The third-order valence-electron chi connectivity index (χ3n) is 3.81. The number of rotatable bonds is 6. The third kappa shape index (κ3) is 4.79. The summed E-state index contributed by atoms with van der Waals surface area (Å²) in [4.78, 5) is 27.7. The lowest BCUT2D eigenvalue weighted by Gasteiger charge is -2.05. The van der Waals surface area contributed by atoms with Gasteiger partial charge in [-0.15, -0.1) is 0 Å². The van der Waals surface area contributed by atoms with Crippen molar-refractivity contribution in [1.29, 1.82) is 0 Å². The second-order valence-electron chi connectivity index (χ2n) is 5.90. The van der Waals surface area contributed by atoms with Gasteiger partial charge in [0.2, 0.25) is 11.8 Å². The Morgan fingerprint density at radius 2 is 2.00 bits per heavy atom. The number of methoxy groups -OCH3 is 1. The summed E-state index contributed by atoms with van der Waals surface area (Å²) >= 11 is 1.33. The zero-order chi connectivity index (χ0) is 19.4. The molecule has 0 aliphatic heterocycles. The average molecular weight is 387 g/mol. The number of aromatic nitrogens is 1. The lowest BCUT2D eigenvalue weighted by molar-refractivity contribution is -0.116. The van der Waals surface area contributed by atoms with Gasteiger partial charge in [0.1, 0.15) is 0 Å². The van der Waals surface area contributed by atoms with E-state index in [0.717, 1.165) is 10.2 Å². The Kier molecular flexibility index (Phi) is 5.66. The van der Waals surface area contributed by atoms with E-state index in [-0.39, 0.29) is 24.0 Å². The second kappa shape index (κ2) is 8.13. The van der Waals surface area contributed by atoms with Gasteiger partial charge in [-0.25, -0.2) is 9.37 Å². The smallest absolute Gasteiger partial charge is 0.226 e. The molecule has 0 unspecified atom stereocenters. The number of halogens is 1. The predicted molar refractivity (Wildman–Crippen MR) is 104 cm³/mol. The van der Waals surface area contributed by atoms with Crippen molar-refractivity contribution in [3.8, 4) is 5.75 Å².